The van der Waals surface area contributed by atoms with Gasteiger partial charge in [-0.3, -0.25) is 4.79 Å². The molecule has 68 valence electrons. The first-order valence-corrected chi connectivity index (χ1v) is 4.59. The maximum atomic E-state index is 10.7. The summed E-state index contributed by atoms with van der Waals surface area (Å²) in [6, 6.07) is 0. The van der Waals surface area contributed by atoms with E-state index in [9.17, 15) is 4.79 Å². The Hall–Kier alpha value is -0.790. The lowest BCUT2D eigenvalue weighted by Crippen LogP contribution is -2.17. The first kappa shape index (κ1) is 9.30. The highest BCUT2D eigenvalue weighted by Crippen LogP contribution is 2.22. The van der Waals surface area contributed by atoms with Gasteiger partial charge in [-0.25, -0.2) is 0 Å². The first-order valence-electron chi connectivity index (χ1n) is 4.59. The maximum Gasteiger partial charge on any atom is 0.306 e. The fourth-order valence-corrected chi connectivity index (χ4v) is 1.68. The van der Waals surface area contributed by atoms with Gasteiger partial charge in [0.2, 0.25) is 0 Å². The molecule has 1 N–H and O–H groups in total. The van der Waals surface area contributed by atoms with Crippen LogP contribution in [0.5, 0.6) is 0 Å². The van der Waals surface area contributed by atoms with Crippen molar-refractivity contribution in [3.8, 4) is 0 Å². The highest BCUT2D eigenvalue weighted by molar-refractivity contribution is 5.69. The van der Waals surface area contributed by atoms with E-state index in [-0.39, 0.29) is 5.92 Å². The minimum atomic E-state index is -0.628. The Morgan fingerprint density at radius 2 is 2.33 bits per heavy atom. The Bertz CT molecular complexity index is 184. The van der Waals surface area contributed by atoms with Crippen LogP contribution in [0.4, 0.5) is 0 Å². The van der Waals surface area contributed by atoms with Gasteiger partial charge in [0.05, 0.1) is 5.92 Å². The molecule has 0 fully saturated rings. The molecule has 0 radical (unpaired) electrons. The number of hydrogen-bond donors (Lipinski definition) is 1. The zero-order chi connectivity index (χ0) is 8.97. The van der Waals surface area contributed by atoms with E-state index in [1.165, 1.54) is 0 Å². The van der Waals surface area contributed by atoms with Crippen molar-refractivity contribution >= 4 is 5.97 Å². The van der Waals surface area contributed by atoms with Crippen molar-refractivity contribution in [3.63, 3.8) is 0 Å². The van der Waals surface area contributed by atoms with Crippen LogP contribution in [0.3, 0.4) is 0 Å². The molecule has 0 aromatic heterocycles. The summed E-state index contributed by atoms with van der Waals surface area (Å²) in [5.41, 5.74) is 0. The number of allylic oxidation sites excluding steroid dienone is 2. The lowest BCUT2D eigenvalue weighted by Gasteiger charge is -2.16. The molecule has 2 unspecified atom stereocenters. The van der Waals surface area contributed by atoms with Crippen LogP contribution in [0.2, 0.25) is 0 Å². The second-order valence-corrected chi connectivity index (χ2v) is 3.61. The molecule has 12 heavy (non-hydrogen) atoms. The third-order valence-electron chi connectivity index (χ3n) is 2.39. The van der Waals surface area contributed by atoms with Crippen LogP contribution in [0, 0.1) is 11.8 Å². The fourth-order valence-electron chi connectivity index (χ4n) is 1.68. The van der Waals surface area contributed by atoms with E-state index in [4.69, 9.17) is 5.11 Å². The largest absolute Gasteiger partial charge is 0.481 e. The van der Waals surface area contributed by atoms with Crippen molar-refractivity contribution in [2.45, 2.75) is 32.6 Å². The average Bonchev–Trinajstić information content (AvgIpc) is 1.95. The predicted molar refractivity (Wildman–Crippen MR) is 47.9 cm³/mol. The molecular formula is C10H16O2. The van der Waals surface area contributed by atoms with Gasteiger partial charge in [-0.2, -0.15) is 0 Å². The van der Waals surface area contributed by atoms with Gasteiger partial charge < -0.3 is 5.11 Å². The van der Waals surface area contributed by atoms with Gasteiger partial charge in [-0.1, -0.05) is 19.1 Å². The molecule has 0 aliphatic heterocycles. The first-order chi connectivity index (χ1) is 5.70. The molecule has 0 aromatic rings. The average molecular weight is 168 g/mol. The van der Waals surface area contributed by atoms with Crippen molar-refractivity contribution in [1.29, 1.82) is 0 Å². The molecule has 0 aromatic carbocycles. The zero-order valence-electron chi connectivity index (χ0n) is 7.49. The van der Waals surface area contributed by atoms with Crippen molar-refractivity contribution in [3.05, 3.63) is 12.2 Å². The van der Waals surface area contributed by atoms with Gasteiger partial charge in [-0.15, -0.1) is 0 Å². The quantitative estimate of drug-likeness (QED) is 0.610. The number of rotatable bonds is 1. The molecule has 0 spiro atoms. The SMILES string of the molecule is CC1C=CCCCC(C(=O)O)C1. The number of carbonyl (C=O) groups is 1. The van der Waals surface area contributed by atoms with Crippen molar-refractivity contribution in [2.24, 2.45) is 11.8 Å². The second-order valence-electron chi connectivity index (χ2n) is 3.61. The summed E-state index contributed by atoms with van der Waals surface area (Å²) in [5, 5.41) is 8.85. The van der Waals surface area contributed by atoms with Gasteiger partial charge >= 0.3 is 5.97 Å². The van der Waals surface area contributed by atoms with Crippen LogP contribution in [0.1, 0.15) is 32.6 Å². The molecule has 0 heterocycles. The summed E-state index contributed by atoms with van der Waals surface area (Å²) >= 11 is 0. The van der Waals surface area contributed by atoms with Gasteiger partial charge in [0.25, 0.3) is 0 Å². The molecule has 0 bridgehead atoms. The Labute approximate surface area is 73.3 Å². The second kappa shape index (κ2) is 4.29. The Kier molecular flexibility index (Phi) is 3.32. The molecule has 2 heteroatoms. The van der Waals surface area contributed by atoms with Gasteiger partial charge in [-0.05, 0) is 31.6 Å². The van der Waals surface area contributed by atoms with E-state index >= 15 is 0 Å². The fraction of sp³-hybridized carbons (Fsp3) is 0.700. The molecule has 2 atom stereocenters. The lowest BCUT2D eigenvalue weighted by molar-refractivity contribution is -0.142. The molecule has 0 saturated heterocycles. The summed E-state index contributed by atoms with van der Waals surface area (Å²) in [5.74, 6) is -0.325. The van der Waals surface area contributed by atoms with Crippen molar-refractivity contribution < 1.29 is 9.90 Å². The topological polar surface area (TPSA) is 37.3 Å². The highest BCUT2D eigenvalue weighted by atomic mass is 16.4. The van der Waals surface area contributed by atoms with E-state index in [0.717, 1.165) is 25.7 Å². The predicted octanol–water partition coefficient (Wildman–Crippen LogP) is 2.45. The van der Waals surface area contributed by atoms with E-state index in [1.807, 2.05) is 0 Å². The number of hydrogen-bond acceptors (Lipinski definition) is 1. The van der Waals surface area contributed by atoms with E-state index in [1.54, 1.807) is 0 Å². The summed E-state index contributed by atoms with van der Waals surface area (Å²) in [6.45, 7) is 2.08. The molecule has 0 amide bonds. The highest BCUT2D eigenvalue weighted by Gasteiger charge is 2.19. The monoisotopic (exact) mass is 168 g/mol. The number of aliphatic carboxylic acids is 1. The third kappa shape index (κ3) is 2.68. The minimum absolute atomic E-state index is 0.120. The summed E-state index contributed by atoms with van der Waals surface area (Å²) in [7, 11) is 0. The maximum absolute atomic E-state index is 10.7. The van der Waals surface area contributed by atoms with Crippen LogP contribution in [0.25, 0.3) is 0 Å². The van der Waals surface area contributed by atoms with Crippen LogP contribution < -0.4 is 0 Å². The van der Waals surface area contributed by atoms with Crippen LogP contribution in [-0.4, -0.2) is 11.1 Å². The van der Waals surface area contributed by atoms with Crippen molar-refractivity contribution in [2.75, 3.05) is 0 Å². The van der Waals surface area contributed by atoms with Gasteiger partial charge in [0.15, 0.2) is 0 Å². The molecule has 0 saturated carbocycles. The summed E-state index contributed by atoms with van der Waals surface area (Å²) in [6.07, 6.45) is 7.99. The zero-order valence-corrected chi connectivity index (χ0v) is 7.49. The summed E-state index contributed by atoms with van der Waals surface area (Å²) < 4.78 is 0. The van der Waals surface area contributed by atoms with Crippen LogP contribution in [0.15, 0.2) is 12.2 Å². The lowest BCUT2D eigenvalue weighted by atomic mass is 9.89. The third-order valence-corrected chi connectivity index (χ3v) is 2.39. The molecule has 1 rings (SSSR count). The van der Waals surface area contributed by atoms with Gasteiger partial charge in [0, 0.05) is 0 Å². The molecular weight excluding hydrogens is 152 g/mol. The normalized spacial score (nSPS) is 30.8. The van der Waals surface area contributed by atoms with E-state index in [0.29, 0.717) is 5.92 Å². The smallest absolute Gasteiger partial charge is 0.306 e. The van der Waals surface area contributed by atoms with E-state index in [2.05, 4.69) is 19.1 Å². The van der Waals surface area contributed by atoms with Crippen LogP contribution in [-0.2, 0) is 4.79 Å². The summed E-state index contributed by atoms with van der Waals surface area (Å²) in [4.78, 5) is 10.7. The number of carboxylic acids is 1. The number of carboxylic acid groups (broad SMARTS) is 1. The molecule has 1 aliphatic rings. The minimum Gasteiger partial charge on any atom is -0.481 e. The Morgan fingerprint density at radius 3 is 3.00 bits per heavy atom. The van der Waals surface area contributed by atoms with E-state index < -0.39 is 5.97 Å². The van der Waals surface area contributed by atoms with Gasteiger partial charge in [0.1, 0.15) is 0 Å². The Balaban J connectivity index is 2.54. The standard InChI is InChI=1S/C10H16O2/c1-8-5-3-2-4-6-9(7-8)10(11)12/h3,5,8-9H,2,4,6-7H2,1H3,(H,11,12). The Morgan fingerprint density at radius 1 is 1.58 bits per heavy atom. The van der Waals surface area contributed by atoms with Crippen molar-refractivity contribution in [1.82, 2.24) is 0 Å². The molecule has 2 nitrogen and oxygen atoms in total. The molecule has 1 aliphatic carbocycles. The van der Waals surface area contributed by atoms with Crippen LogP contribution >= 0.6 is 0 Å².